The molecule has 5 nitrogen and oxygen atoms in total. The number of piperidine rings is 1. The summed E-state index contributed by atoms with van der Waals surface area (Å²) in [6.07, 6.45) is 1.90. The van der Waals surface area contributed by atoms with Crippen LogP contribution in [-0.2, 0) is 0 Å². The van der Waals surface area contributed by atoms with E-state index >= 15 is 0 Å². The van der Waals surface area contributed by atoms with Crippen LogP contribution < -0.4 is 5.32 Å². The first-order chi connectivity index (χ1) is 13.4. The fraction of sp³-hybridized carbons (Fsp3) is 0.300. The predicted octanol–water partition coefficient (Wildman–Crippen LogP) is 4.56. The lowest BCUT2D eigenvalue weighted by atomic mass is 9.98. The summed E-state index contributed by atoms with van der Waals surface area (Å²) in [4.78, 5) is 22.3. The number of imidazole rings is 1. The van der Waals surface area contributed by atoms with Gasteiger partial charge in [0.25, 0.3) is 5.91 Å². The normalized spacial score (nSPS) is 17.8. The van der Waals surface area contributed by atoms with Gasteiger partial charge in [0.2, 0.25) is 0 Å². The van der Waals surface area contributed by atoms with Gasteiger partial charge in [-0.25, -0.2) is 13.8 Å². The Morgan fingerprint density at radius 1 is 1.36 bits per heavy atom. The largest absolute Gasteiger partial charge is 0.341 e. The topological polar surface area (TPSA) is 61.0 Å². The van der Waals surface area contributed by atoms with E-state index in [0.29, 0.717) is 16.5 Å². The number of hydrogen-bond donors (Lipinski definition) is 2. The fourth-order valence-electron chi connectivity index (χ4n) is 3.65. The zero-order valence-corrected chi connectivity index (χ0v) is 16.0. The third kappa shape index (κ3) is 3.59. The summed E-state index contributed by atoms with van der Waals surface area (Å²) in [5, 5.41) is 3.12. The second kappa shape index (κ2) is 7.48. The van der Waals surface area contributed by atoms with E-state index in [9.17, 15) is 13.6 Å². The highest BCUT2D eigenvalue weighted by Gasteiger charge is 2.26. The number of fused-ring (bicyclic) bond motifs is 1. The maximum atomic E-state index is 14.4. The number of amides is 1. The van der Waals surface area contributed by atoms with Crippen molar-refractivity contribution in [1.82, 2.24) is 14.9 Å². The Kier molecular flexibility index (Phi) is 5.03. The number of aromatic nitrogens is 2. The number of nitrogens with zero attached hydrogens (tertiary/aromatic N) is 2. The summed E-state index contributed by atoms with van der Waals surface area (Å²) in [6.45, 7) is 1.76. The first kappa shape index (κ1) is 18.8. The molecule has 0 bridgehead atoms. The molecule has 2 heterocycles. The molecule has 1 fully saturated rings. The standard InChI is InChI=1S/C20H19ClF2N4O/c1-27-7-3-4-11(10-27)19-25-17-14(9-15(22)16(23)18(17)26-19)20(28)24-13-6-2-5-12(21)8-13/h2,5-6,8-9,11H,3-4,7,10H2,1H3,(H,24,28)(H,25,26). The highest BCUT2D eigenvalue weighted by atomic mass is 35.5. The van der Waals surface area contributed by atoms with Gasteiger partial charge in [-0.15, -0.1) is 0 Å². The van der Waals surface area contributed by atoms with Gasteiger partial charge < -0.3 is 15.2 Å². The van der Waals surface area contributed by atoms with Crippen LogP contribution >= 0.6 is 11.6 Å². The molecule has 0 aliphatic carbocycles. The third-order valence-electron chi connectivity index (χ3n) is 5.02. The molecule has 8 heteroatoms. The van der Waals surface area contributed by atoms with Crippen molar-refractivity contribution in [3.05, 3.63) is 58.4 Å². The van der Waals surface area contributed by atoms with Gasteiger partial charge in [0, 0.05) is 23.2 Å². The van der Waals surface area contributed by atoms with Gasteiger partial charge in [-0.3, -0.25) is 4.79 Å². The molecule has 1 aliphatic heterocycles. The van der Waals surface area contributed by atoms with Gasteiger partial charge in [-0.2, -0.15) is 0 Å². The van der Waals surface area contributed by atoms with Crippen LogP contribution in [0.5, 0.6) is 0 Å². The van der Waals surface area contributed by atoms with Gasteiger partial charge >= 0.3 is 0 Å². The fourth-order valence-corrected chi connectivity index (χ4v) is 3.84. The molecule has 4 rings (SSSR count). The second-order valence-electron chi connectivity index (χ2n) is 7.13. The zero-order valence-electron chi connectivity index (χ0n) is 15.2. The molecule has 28 heavy (non-hydrogen) atoms. The lowest BCUT2D eigenvalue weighted by Gasteiger charge is -2.28. The molecule has 1 saturated heterocycles. The Balaban J connectivity index is 1.73. The summed E-state index contributed by atoms with van der Waals surface area (Å²) >= 11 is 5.94. The maximum Gasteiger partial charge on any atom is 0.257 e. The molecule has 1 atom stereocenters. The van der Waals surface area contributed by atoms with Gasteiger partial charge in [-0.1, -0.05) is 17.7 Å². The van der Waals surface area contributed by atoms with Crippen LogP contribution in [0.15, 0.2) is 30.3 Å². The van der Waals surface area contributed by atoms with Crippen LogP contribution in [0.1, 0.15) is 34.9 Å². The average molecular weight is 405 g/mol. The molecule has 0 radical (unpaired) electrons. The number of rotatable bonds is 3. The molecule has 1 unspecified atom stereocenters. The third-order valence-corrected chi connectivity index (χ3v) is 5.25. The van der Waals surface area contributed by atoms with Gasteiger partial charge in [0.05, 0.1) is 11.1 Å². The first-order valence-electron chi connectivity index (χ1n) is 9.05. The van der Waals surface area contributed by atoms with Crippen LogP contribution in [0.3, 0.4) is 0 Å². The van der Waals surface area contributed by atoms with Crippen molar-refractivity contribution in [1.29, 1.82) is 0 Å². The van der Waals surface area contributed by atoms with Gasteiger partial charge in [-0.05, 0) is 50.7 Å². The second-order valence-corrected chi connectivity index (χ2v) is 7.57. The lowest BCUT2D eigenvalue weighted by molar-refractivity contribution is 0.102. The summed E-state index contributed by atoms with van der Waals surface area (Å²) in [7, 11) is 2.01. The molecule has 3 aromatic rings. The number of anilines is 1. The molecular weight excluding hydrogens is 386 g/mol. The van der Waals surface area contributed by atoms with E-state index in [-0.39, 0.29) is 22.5 Å². The Hall–Kier alpha value is -2.51. The van der Waals surface area contributed by atoms with Crippen molar-refractivity contribution >= 4 is 34.2 Å². The van der Waals surface area contributed by atoms with Gasteiger partial charge in [0.15, 0.2) is 11.6 Å². The van der Waals surface area contributed by atoms with Crippen molar-refractivity contribution in [3.63, 3.8) is 0 Å². The maximum absolute atomic E-state index is 14.4. The monoisotopic (exact) mass is 404 g/mol. The quantitative estimate of drug-likeness (QED) is 0.673. The molecule has 146 valence electrons. The van der Waals surface area contributed by atoms with Crippen LogP contribution in [0, 0.1) is 11.6 Å². The number of halogens is 3. The SMILES string of the molecule is CN1CCCC(c2nc3c(F)c(F)cc(C(=O)Nc4cccc(Cl)c4)c3[nH]2)C1. The molecule has 1 aliphatic rings. The summed E-state index contributed by atoms with van der Waals surface area (Å²) in [5.41, 5.74) is 0.502. The summed E-state index contributed by atoms with van der Waals surface area (Å²) < 4.78 is 28.5. The highest BCUT2D eigenvalue weighted by Crippen LogP contribution is 2.30. The Morgan fingerprint density at radius 3 is 2.93 bits per heavy atom. The first-order valence-corrected chi connectivity index (χ1v) is 9.43. The molecule has 2 aromatic carbocycles. The van der Waals surface area contributed by atoms with Crippen molar-refractivity contribution in [2.24, 2.45) is 0 Å². The van der Waals surface area contributed by atoms with E-state index < -0.39 is 17.5 Å². The van der Waals surface area contributed by atoms with E-state index in [1.54, 1.807) is 24.3 Å². The molecule has 0 spiro atoms. The van der Waals surface area contributed by atoms with Crippen LogP contribution in [0.25, 0.3) is 11.0 Å². The van der Waals surface area contributed by atoms with E-state index in [0.717, 1.165) is 32.0 Å². The number of carbonyl (C=O) groups excluding carboxylic acids is 1. The van der Waals surface area contributed by atoms with Crippen LogP contribution in [0.4, 0.5) is 14.5 Å². The minimum absolute atomic E-state index is 0.00297. The molecule has 1 aromatic heterocycles. The van der Waals surface area contributed by atoms with E-state index in [1.165, 1.54) is 0 Å². The number of hydrogen-bond acceptors (Lipinski definition) is 3. The minimum Gasteiger partial charge on any atom is -0.341 e. The number of likely N-dealkylation sites (tertiary alicyclic amines) is 1. The van der Waals surface area contributed by atoms with E-state index in [4.69, 9.17) is 11.6 Å². The summed E-state index contributed by atoms with van der Waals surface area (Å²) in [5.74, 6) is -2.08. The Labute approximate surface area is 165 Å². The zero-order chi connectivity index (χ0) is 19.8. The minimum atomic E-state index is -1.11. The van der Waals surface area contributed by atoms with E-state index in [2.05, 4.69) is 20.2 Å². The number of benzene rings is 2. The van der Waals surface area contributed by atoms with Crippen LogP contribution in [0.2, 0.25) is 5.02 Å². The number of likely N-dealkylation sites (N-methyl/N-ethyl adjacent to an activating group) is 1. The van der Waals surface area contributed by atoms with Crippen LogP contribution in [-0.4, -0.2) is 40.9 Å². The van der Waals surface area contributed by atoms with Crippen molar-refractivity contribution < 1.29 is 13.6 Å². The highest BCUT2D eigenvalue weighted by molar-refractivity contribution is 6.31. The molecule has 1 amide bonds. The average Bonchev–Trinajstić information content (AvgIpc) is 3.10. The molecular formula is C20H19ClF2N4O. The predicted molar refractivity (Wildman–Crippen MR) is 105 cm³/mol. The van der Waals surface area contributed by atoms with Crippen molar-refractivity contribution in [2.45, 2.75) is 18.8 Å². The Bertz CT molecular complexity index is 1050. The van der Waals surface area contributed by atoms with E-state index in [1.807, 2.05) is 7.05 Å². The summed E-state index contributed by atoms with van der Waals surface area (Å²) in [6, 6.07) is 7.50. The van der Waals surface area contributed by atoms with Crippen molar-refractivity contribution in [2.75, 3.05) is 25.5 Å². The lowest BCUT2D eigenvalue weighted by Crippen LogP contribution is -2.31. The smallest absolute Gasteiger partial charge is 0.257 e. The van der Waals surface area contributed by atoms with Crippen molar-refractivity contribution in [3.8, 4) is 0 Å². The number of nitrogens with one attached hydrogen (secondary N) is 2. The molecule has 0 saturated carbocycles. The molecule has 2 N–H and O–H groups in total. The number of aromatic amines is 1. The van der Waals surface area contributed by atoms with Gasteiger partial charge in [0.1, 0.15) is 11.3 Å². The Morgan fingerprint density at radius 2 is 2.18 bits per heavy atom. The number of H-pyrrole nitrogens is 1. The number of carbonyl (C=O) groups is 1.